The fourth-order valence-corrected chi connectivity index (χ4v) is 1.57. The van der Waals surface area contributed by atoms with E-state index in [4.69, 9.17) is 21.2 Å². The predicted molar refractivity (Wildman–Crippen MR) is 64.4 cm³/mol. The molecule has 0 bridgehead atoms. The fraction of sp³-hybridized carbons (Fsp3) is 0. The first-order chi connectivity index (χ1) is 7.58. The minimum Gasteiger partial charge on any atom is -0.475 e. The zero-order chi connectivity index (χ0) is 11.7. The van der Waals surface area contributed by atoms with Crippen LogP contribution in [0.1, 0.15) is 10.6 Å². The minimum absolute atomic E-state index is 0.135. The maximum atomic E-state index is 10.6. The zero-order valence-corrected chi connectivity index (χ0v) is 10.6. The summed E-state index contributed by atoms with van der Waals surface area (Å²) in [5, 5.41) is 12.5. The molecule has 16 heavy (non-hydrogen) atoms. The van der Waals surface area contributed by atoms with Gasteiger partial charge in [0.15, 0.2) is 0 Å². The van der Waals surface area contributed by atoms with E-state index < -0.39 is 5.97 Å². The van der Waals surface area contributed by atoms with Crippen LogP contribution in [0.25, 0.3) is 11.5 Å². The Balaban J connectivity index is 2.42. The second-order valence-corrected chi connectivity index (χ2v) is 4.43. The maximum absolute atomic E-state index is 10.6. The summed E-state index contributed by atoms with van der Waals surface area (Å²) in [4.78, 5) is 14.3. The third-order valence-corrected chi connectivity index (χ3v) is 3.36. The van der Waals surface area contributed by atoms with Crippen molar-refractivity contribution in [2.75, 3.05) is 0 Å². The lowest BCUT2D eigenvalue weighted by Crippen LogP contribution is -1.98. The molecule has 0 aliphatic heterocycles. The molecule has 82 valence electrons. The number of rotatable bonds is 2. The molecule has 0 aliphatic carbocycles. The molecule has 2 aromatic rings. The number of benzene rings is 1. The van der Waals surface area contributed by atoms with Crippen LogP contribution in [0.5, 0.6) is 0 Å². The molecule has 7 heteroatoms. The van der Waals surface area contributed by atoms with E-state index in [-0.39, 0.29) is 11.7 Å². The molecule has 1 aromatic carbocycles. The smallest absolute Gasteiger partial charge is 0.377 e. The van der Waals surface area contributed by atoms with Gasteiger partial charge < -0.3 is 9.63 Å². The number of hydrogen-bond acceptors (Lipinski definition) is 4. The van der Waals surface area contributed by atoms with E-state index in [0.29, 0.717) is 10.6 Å². The highest BCUT2D eigenvalue weighted by Crippen LogP contribution is 2.25. The highest BCUT2D eigenvalue weighted by molar-refractivity contribution is 14.1. The molecule has 0 radical (unpaired) electrons. The molecular formula is C9H4ClIN2O3. The Hall–Kier alpha value is -1.15. The average Bonchev–Trinajstić information content (AvgIpc) is 2.71. The van der Waals surface area contributed by atoms with Gasteiger partial charge in [0.2, 0.25) is 0 Å². The summed E-state index contributed by atoms with van der Waals surface area (Å²) in [6, 6.07) is 5.15. The van der Waals surface area contributed by atoms with Crippen LogP contribution in [0, 0.1) is 3.57 Å². The summed E-state index contributed by atoms with van der Waals surface area (Å²) in [7, 11) is 0. The lowest BCUT2D eigenvalue weighted by Gasteiger charge is -1.97. The Morgan fingerprint density at radius 1 is 1.50 bits per heavy atom. The van der Waals surface area contributed by atoms with Gasteiger partial charge in [0.05, 0.1) is 5.02 Å². The molecule has 0 unspecified atom stereocenters. The minimum atomic E-state index is -1.23. The van der Waals surface area contributed by atoms with Crippen LogP contribution in [-0.2, 0) is 0 Å². The van der Waals surface area contributed by atoms with Crippen molar-refractivity contribution in [3.8, 4) is 11.5 Å². The number of carbonyl (C=O) groups is 1. The van der Waals surface area contributed by atoms with E-state index in [1.165, 1.54) is 0 Å². The van der Waals surface area contributed by atoms with Crippen molar-refractivity contribution in [1.29, 1.82) is 0 Å². The van der Waals surface area contributed by atoms with Gasteiger partial charge in [-0.3, -0.25) is 0 Å². The molecule has 0 spiro atoms. The SMILES string of the molecule is O=C(O)c1noc(-c2ccc(I)c(Cl)c2)n1. The Morgan fingerprint density at radius 2 is 2.25 bits per heavy atom. The topological polar surface area (TPSA) is 76.2 Å². The molecule has 0 fully saturated rings. The summed E-state index contributed by atoms with van der Waals surface area (Å²) < 4.78 is 5.69. The highest BCUT2D eigenvalue weighted by atomic mass is 127. The molecule has 0 atom stereocenters. The lowest BCUT2D eigenvalue weighted by molar-refractivity contribution is 0.0680. The van der Waals surface area contributed by atoms with Crippen LogP contribution >= 0.6 is 34.2 Å². The van der Waals surface area contributed by atoms with Gasteiger partial charge in [-0.05, 0) is 45.9 Å². The first kappa shape index (κ1) is 11.3. The van der Waals surface area contributed by atoms with E-state index in [9.17, 15) is 4.79 Å². The molecule has 1 heterocycles. The van der Waals surface area contributed by atoms with Gasteiger partial charge in [-0.25, -0.2) is 4.79 Å². The van der Waals surface area contributed by atoms with Crippen LogP contribution in [0.2, 0.25) is 5.02 Å². The number of aromatic nitrogens is 2. The first-order valence-corrected chi connectivity index (χ1v) is 5.56. The Kier molecular flexibility index (Phi) is 3.10. The van der Waals surface area contributed by atoms with Gasteiger partial charge in [-0.15, -0.1) is 0 Å². The number of halogens is 2. The highest BCUT2D eigenvalue weighted by Gasteiger charge is 2.14. The van der Waals surface area contributed by atoms with Gasteiger partial charge in [-0.2, -0.15) is 4.98 Å². The molecule has 0 amide bonds. The third-order valence-electron chi connectivity index (χ3n) is 1.78. The number of carboxylic acid groups (broad SMARTS) is 1. The fourth-order valence-electron chi connectivity index (χ4n) is 1.06. The second-order valence-electron chi connectivity index (χ2n) is 2.86. The molecule has 5 nitrogen and oxygen atoms in total. The van der Waals surface area contributed by atoms with Crippen molar-refractivity contribution in [1.82, 2.24) is 10.1 Å². The van der Waals surface area contributed by atoms with Gasteiger partial charge in [-0.1, -0.05) is 11.6 Å². The van der Waals surface area contributed by atoms with Gasteiger partial charge in [0.25, 0.3) is 11.7 Å². The van der Waals surface area contributed by atoms with E-state index in [0.717, 1.165) is 3.57 Å². The van der Waals surface area contributed by atoms with Crippen molar-refractivity contribution in [2.24, 2.45) is 0 Å². The Labute approximate surface area is 109 Å². The quantitative estimate of drug-likeness (QED) is 0.843. The van der Waals surface area contributed by atoms with E-state index in [1.807, 2.05) is 0 Å². The van der Waals surface area contributed by atoms with E-state index >= 15 is 0 Å². The third kappa shape index (κ3) is 2.17. The van der Waals surface area contributed by atoms with Gasteiger partial charge >= 0.3 is 5.97 Å². The maximum Gasteiger partial charge on any atom is 0.377 e. The molecule has 0 aliphatic rings. The zero-order valence-electron chi connectivity index (χ0n) is 7.65. The van der Waals surface area contributed by atoms with Crippen LogP contribution in [0.15, 0.2) is 22.7 Å². The van der Waals surface area contributed by atoms with Gasteiger partial charge in [0.1, 0.15) is 0 Å². The van der Waals surface area contributed by atoms with Crippen molar-refractivity contribution in [2.45, 2.75) is 0 Å². The predicted octanol–water partition coefficient (Wildman–Crippen LogP) is 2.69. The van der Waals surface area contributed by atoms with Gasteiger partial charge in [0, 0.05) is 9.13 Å². The van der Waals surface area contributed by atoms with Crippen LogP contribution in [0.3, 0.4) is 0 Å². The lowest BCUT2D eigenvalue weighted by atomic mass is 10.2. The summed E-state index contributed by atoms with van der Waals surface area (Å²) in [5.74, 6) is -1.47. The number of nitrogens with zero attached hydrogens (tertiary/aromatic N) is 2. The molecular weight excluding hydrogens is 346 g/mol. The molecule has 1 N–H and O–H groups in total. The average molecular weight is 350 g/mol. The second kappa shape index (κ2) is 4.38. The van der Waals surface area contributed by atoms with E-state index in [1.54, 1.807) is 18.2 Å². The molecule has 2 rings (SSSR count). The van der Waals surface area contributed by atoms with E-state index in [2.05, 4.69) is 32.7 Å². The monoisotopic (exact) mass is 350 g/mol. The summed E-state index contributed by atoms with van der Waals surface area (Å²) in [6.07, 6.45) is 0. The standard InChI is InChI=1S/C9H4ClIN2O3/c10-5-3-4(1-2-6(5)11)8-12-7(9(14)15)13-16-8/h1-3H,(H,14,15). The Morgan fingerprint density at radius 3 is 2.81 bits per heavy atom. The largest absolute Gasteiger partial charge is 0.475 e. The van der Waals surface area contributed by atoms with Crippen molar-refractivity contribution in [3.05, 3.63) is 32.6 Å². The van der Waals surface area contributed by atoms with Crippen molar-refractivity contribution in [3.63, 3.8) is 0 Å². The van der Waals surface area contributed by atoms with Crippen LogP contribution < -0.4 is 0 Å². The number of aromatic carboxylic acids is 1. The van der Waals surface area contributed by atoms with Crippen molar-refractivity contribution < 1.29 is 14.4 Å². The molecule has 1 aromatic heterocycles. The van der Waals surface area contributed by atoms with Crippen LogP contribution in [0.4, 0.5) is 0 Å². The first-order valence-electron chi connectivity index (χ1n) is 4.10. The Bertz CT molecular complexity index is 555. The van der Waals surface area contributed by atoms with Crippen molar-refractivity contribution >= 4 is 40.2 Å². The molecule has 0 saturated heterocycles. The molecule has 0 saturated carbocycles. The summed E-state index contributed by atoms with van der Waals surface area (Å²) in [5.41, 5.74) is 0.588. The summed E-state index contributed by atoms with van der Waals surface area (Å²) >= 11 is 8.00. The number of hydrogen-bond donors (Lipinski definition) is 1. The number of carboxylic acids is 1. The van der Waals surface area contributed by atoms with Crippen LogP contribution in [-0.4, -0.2) is 21.2 Å². The summed E-state index contributed by atoms with van der Waals surface area (Å²) in [6.45, 7) is 0. The normalized spacial score (nSPS) is 10.4.